The quantitative estimate of drug-likeness (QED) is 0.802. The van der Waals surface area contributed by atoms with E-state index in [2.05, 4.69) is 0 Å². The van der Waals surface area contributed by atoms with Crippen LogP contribution in [0.3, 0.4) is 0 Å². The maximum absolute atomic E-state index is 13.2. The van der Waals surface area contributed by atoms with E-state index < -0.39 is 5.82 Å². The molecule has 0 amide bonds. The molecule has 0 radical (unpaired) electrons. The van der Waals surface area contributed by atoms with E-state index in [1.165, 1.54) is 30.3 Å². The van der Waals surface area contributed by atoms with Gasteiger partial charge in [-0.25, -0.2) is 8.78 Å². The molecule has 0 heterocycles. The lowest BCUT2D eigenvalue weighted by atomic mass is 10.2. The van der Waals surface area contributed by atoms with Crippen molar-refractivity contribution in [2.24, 2.45) is 0 Å². The highest BCUT2D eigenvalue weighted by molar-refractivity contribution is 5.40. The SMILES string of the molecule is Cc1cc(Oc2cc(F)cc(C#N)c2)ccc1F. The largest absolute Gasteiger partial charge is 0.457 e. The van der Waals surface area contributed by atoms with Crippen LogP contribution in [0.25, 0.3) is 0 Å². The minimum atomic E-state index is -0.553. The molecule has 0 bridgehead atoms. The van der Waals surface area contributed by atoms with E-state index in [1.54, 1.807) is 6.92 Å². The number of ether oxygens (including phenoxy) is 1. The van der Waals surface area contributed by atoms with Gasteiger partial charge in [0.2, 0.25) is 0 Å². The molecule has 0 aliphatic carbocycles. The van der Waals surface area contributed by atoms with Crippen LogP contribution >= 0.6 is 0 Å². The van der Waals surface area contributed by atoms with E-state index in [4.69, 9.17) is 10.00 Å². The van der Waals surface area contributed by atoms with E-state index in [9.17, 15) is 8.78 Å². The molecule has 0 N–H and O–H groups in total. The molecule has 2 rings (SSSR count). The minimum absolute atomic E-state index is 0.170. The van der Waals surface area contributed by atoms with Crippen molar-refractivity contribution < 1.29 is 13.5 Å². The summed E-state index contributed by atoms with van der Waals surface area (Å²) in [6.07, 6.45) is 0. The molecule has 2 aromatic carbocycles. The summed E-state index contributed by atoms with van der Waals surface area (Å²) in [5, 5.41) is 8.71. The molecular formula is C14H9F2NO. The van der Waals surface area contributed by atoms with Crippen molar-refractivity contribution in [1.82, 2.24) is 0 Å². The molecule has 0 unspecified atom stereocenters. The van der Waals surface area contributed by atoms with Gasteiger partial charge in [0.1, 0.15) is 23.1 Å². The Morgan fingerprint density at radius 3 is 2.50 bits per heavy atom. The molecule has 0 fully saturated rings. The van der Waals surface area contributed by atoms with E-state index in [-0.39, 0.29) is 17.1 Å². The van der Waals surface area contributed by atoms with Gasteiger partial charge in [-0.15, -0.1) is 0 Å². The van der Waals surface area contributed by atoms with E-state index in [1.807, 2.05) is 6.07 Å². The van der Waals surface area contributed by atoms with Crippen molar-refractivity contribution in [3.63, 3.8) is 0 Å². The highest BCUT2D eigenvalue weighted by atomic mass is 19.1. The third-order valence-corrected chi connectivity index (χ3v) is 2.37. The Balaban J connectivity index is 2.31. The smallest absolute Gasteiger partial charge is 0.131 e. The van der Waals surface area contributed by atoms with Gasteiger partial charge >= 0.3 is 0 Å². The van der Waals surface area contributed by atoms with Crippen LogP contribution in [0.5, 0.6) is 11.5 Å². The van der Waals surface area contributed by atoms with E-state index in [0.29, 0.717) is 11.3 Å². The molecule has 0 aliphatic rings. The lowest BCUT2D eigenvalue weighted by Gasteiger charge is -2.07. The highest BCUT2D eigenvalue weighted by Crippen LogP contribution is 2.25. The first-order chi connectivity index (χ1) is 8.58. The molecule has 0 spiro atoms. The maximum Gasteiger partial charge on any atom is 0.131 e. The number of hydrogen-bond donors (Lipinski definition) is 0. The number of nitriles is 1. The molecule has 0 saturated heterocycles. The first-order valence-electron chi connectivity index (χ1n) is 5.23. The first kappa shape index (κ1) is 12.1. The molecule has 0 aromatic heterocycles. The highest BCUT2D eigenvalue weighted by Gasteiger charge is 2.04. The summed E-state index contributed by atoms with van der Waals surface area (Å²) in [6.45, 7) is 1.61. The Morgan fingerprint density at radius 1 is 1.06 bits per heavy atom. The molecule has 4 heteroatoms. The molecular weight excluding hydrogens is 236 g/mol. The van der Waals surface area contributed by atoms with Crippen LogP contribution in [0.4, 0.5) is 8.78 Å². The predicted molar refractivity (Wildman–Crippen MR) is 62.3 cm³/mol. The second-order valence-electron chi connectivity index (χ2n) is 3.80. The topological polar surface area (TPSA) is 33.0 Å². The molecule has 18 heavy (non-hydrogen) atoms. The van der Waals surface area contributed by atoms with Crippen LogP contribution in [0, 0.1) is 29.9 Å². The lowest BCUT2D eigenvalue weighted by molar-refractivity contribution is 0.474. The number of nitrogens with zero attached hydrogens (tertiary/aromatic N) is 1. The summed E-state index contributed by atoms with van der Waals surface area (Å²) in [4.78, 5) is 0. The number of benzene rings is 2. The fraction of sp³-hybridized carbons (Fsp3) is 0.0714. The van der Waals surface area contributed by atoms with Gasteiger partial charge in [0.05, 0.1) is 11.6 Å². The van der Waals surface area contributed by atoms with Crippen molar-refractivity contribution >= 4 is 0 Å². The van der Waals surface area contributed by atoms with Crippen LogP contribution in [0.2, 0.25) is 0 Å². The predicted octanol–water partition coefficient (Wildman–Crippen LogP) is 3.94. The van der Waals surface area contributed by atoms with Crippen molar-refractivity contribution in [2.75, 3.05) is 0 Å². The zero-order valence-corrected chi connectivity index (χ0v) is 9.58. The van der Waals surface area contributed by atoms with E-state index >= 15 is 0 Å². The third kappa shape index (κ3) is 2.64. The summed E-state index contributed by atoms with van der Waals surface area (Å²) >= 11 is 0. The van der Waals surface area contributed by atoms with Crippen LogP contribution in [-0.2, 0) is 0 Å². The Morgan fingerprint density at radius 2 is 1.83 bits per heavy atom. The van der Waals surface area contributed by atoms with Crippen LogP contribution in [0.1, 0.15) is 11.1 Å². The van der Waals surface area contributed by atoms with E-state index in [0.717, 1.165) is 6.07 Å². The molecule has 0 aliphatic heterocycles. The Labute approximate surface area is 103 Å². The fourth-order valence-electron chi connectivity index (χ4n) is 1.50. The van der Waals surface area contributed by atoms with Gasteiger partial charge in [0, 0.05) is 6.07 Å². The Hall–Kier alpha value is -2.41. The van der Waals surface area contributed by atoms with Gasteiger partial charge in [-0.3, -0.25) is 0 Å². The Bertz CT molecular complexity index is 632. The van der Waals surface area contributed by atoms with Crippen LogP contribution < -0.4 is 4.74 Å². The van der Waals surface area contributed by atoms with Gasteiger partial charge in [0.15, 0.2) is 0 Å². The fourth-order valence-corrected chi connectivity index (χ4v) is 1.50. The maximum atomic E-state index is 13.2. The van der Waals surface area contributed by atoms with Gasteiger partial charge in [-0.2, -0.15) is 5.26 Å². The average Bonchev–Trinajstić information content (AvgIpc) is 2.33. The standard InChI is InChI=1S/C14H9F2NO/c1-9-4-12(2-3-14(9)16)18-13-6-10(8-17)5-11(15)7-13/h2-7H,1H3. The molecule has 90 valence electrons. The van der Waals surface area contributed by atoms with Gasteiger partial charge in [-0.05, 0) is 42.8 Å². The van der Waals surface area contributed by atoms with Crippen LogP contribution in [-0.4, -0.2) is 0 Å². The van der Waals surface area contributed by atoms with Crippen molar-refractivity contribution in [3.05, 3.63) is 59.2 Å². The zero-order chi connectivity index (χ0) is 13.1. The second kappa shape index (κ2) is 4.84. The summed E-state index contributed by atoms with van der Waals surface area (Å²) in [7, 11) is 0. The second-order valence-corrected chi connectivity index (χ2v) is 3.80. The summed E-state index contributed by atoms with van der Waals surface area (Å²) in [6, 6.07) is 9.76. The number of aryl methyl sites for hydroxylation is 1. The monoisotopic (exact) mass is 245 g/mol. The minimum Gasteiger partial charge on any atom is -0.457 e. The number of rotatable bonds is 2. The van der Waals surface area contributed by atoms with Gasteiger partial charge in [0.25, 0.3) is 0 Å². The average molecular weight is 245 g/mol. The summed E-state index contributed by atoms with van der Waals surface area (Å²) in [5.74, 6) is -0.289. The zero-order valence-electron chi connectivity index (χ0n) is 9.58. The van der Waals surface area contributed by atoms with Gasteiger partial charge < -0.3 is 4.74 Å². The summed E-state index contributed by atoms with van der Waals surface area (Å²) < 4.78 is 31.6. The third-order valence-electron chi connectivity index (χ3n) is 2.37. The molecule has 0 atom stereocenters. The molecule has 0 saturated carbocycles. The Kier molecular flexibility index (Phi) is 3.24. The number of halogens is 2. The lowest BCUT2D eigenvalue weighted by Crippen LogP contribution is -1.89. The van der Waals surface area contributed by atoms with Crippen molar-refractivity contribution in [1.29, 1.82) is 5.26 Å². The van der Waals surface area contributed by atoms with Crippen molar-refractivity contribution in [3.8, 4) is 17.6 Å². The first-order valence-corrected chi connectivity index (χ1v) is 5.23. The van der Waals surface area contributed by atoms with Gasteiger partial charge in [-0.1, -0.05) is 0 Å². The summed E-state index contributed by atoms with van der Waals surface area (Å²) in [5.41, 5.74) is 0.605. The molecule has 2 aromatic rings. The van der Waals surface area contributed by atoms with Crippen molar-refractivity contribution in [2.45, 2.75) is 6.92 Å². The van der Waals surface area contributed by atoms with Crippen LogP contribution in [0.15, 0.2) is 36.4 Å². The normalized spacial score (nSPS) is 9.89. The molecule has 2 nitrogen and oxygen atoms in total. The number of hydrogen-bond acceptors (Lipinski definition) is 2.